The first kappa shape index (κ1) is 21.7. The fraction of sp³-hybridized carbons (Fsp3) is 0.636. The highest BCUT2D eigenvalue weighted by molar-refractivity contribution is 5.91. The van der Waals surface area contributed by atoms with Crippen LogP contribution in [0.1, 0.15) is 64.0 Å². The number of unbranched alkanes of at least 4 members (excludes halogenated alkanes) is 1. The number of ether oxygens (including phenoxy) is 1. The minimum absolute atomic E-state index is 0.0146. The molecule has 0 radical (unpaired) electrons. The molecule has 2 fully saturated rings. The van der Waals surface area contributed by atoms with Crippen molar-refractivity contribution in [2.24, 2.45) is 5.41 Å². The number of benzene rings is 1. The Labute approximate surface area is 172 Å². The van der Waals surface area contributed by atoms with Gasteiger partial charge in [-0.25, -0.2) is 4.79 Å². The van der Waals surface area contributed by atoms with Crippen LogP contribution in [0.2, 0.25) is 0 Å². The highest BCUT2D eigenvalue weighted by Gasteiger charge is 2.49. The summed E-state index contributed by atoms with van der Waals surface area (Å²) >= 11 is 0. The van der Waals surface area contributed by atoms with Crippen LogP contribution in [-0.4, -0.2) is 47.5 Å². The number of aliphatic hydroxyl groups excluding tert-OH is 1. The second kappa shape index (κ2) is 9.69. The molecule has 1 aromatic carbocycles. The lowest BCUT2D eigenvalue weighted by Gasteiger charge is -2.39. The van der Waals surface area contributed by atoms with Gasteiger partial charge in [-0.1, -0.05) is 56.5 Å². The zero-order chi connectivity index (χ0) is 20.9. The molecule has 1 saturated carbocycles. The number of nitrogens with zero attached hydrogens (tertiary/aromatic N) is 1. The summed E-state index contributed by atoms with van der Waals surface area (Å²) in [5.41, 5.74) is 0.761. The number of carbonyl (C=O) groups excluding carboxylic acids is 2. The van der Waals surface area contributed by atoms with Gasteiger partial charge >= 0.3 is 6.09 Å². The predicted molar refractivity (Wildman–Crippen MR) is 108 cm³/mol. The molecule has 4 atom stereocenters. The predicted octanol–water partition coefficient (Wildman–Crippen LogP) is 3.34. The topological polar surface area (TPSA) is 91.2 Å². The van der Waals surface area contributed by atoms with E-state index in [0.717, 1.165) is 37.7 Å². The van der Waals surface area contributed by atoms with Gasteiger partial charge in [-0.2, -0.15) is 0 Å². The number of hydrogen-bond acceptors (Lipinski definition) is 6. The SMILES string of the molecule is CCCC[C@H](NC(=O)OCC1(CO)CCC1)C(=O)C1ON1[C@H](C)c1ccccc1. The van der Waals surface area contributed by atoms with Crippen LogP contribution < -0.4 is 5.32 Å². The number of hydroxylamine groups is 2. The molecule has 3 rings (SSSR count). The van der Waals surface area contributed by atoms with Crippen LogP contribution in [0.25, 0.3) is 0 Å². The Bertz CT molecular complexity index is 686. The van der Waals surface area contributed by atoms with Crippen LogP contribution in [0.5, 0.6) is 0 Å². The smallest absolute Gasteiger partial charge is 0.407 e. The number of nitrogens with one attached hydrogen (secondary N) is 1. The van der Waals surface area contributed by atoms with E-state index < -0.39 is 18.4 Å². The highest BCUT2D eigenvalue weighted by Crippen LogP contribution is 2.40. The fourth-order valence-corrected chi connectivity index (χ4v) is 3.73. The van der Waals surface area contributed by atoms with Gasteiger partial charge in [-0.15, -0.1) is 5.06 Å². The van der Waals surface area contributed by atoms with Crippen molar-refractivity contribution in [3.05, 3.63) is 35.9 Å². The Kier molecular flexibility index (Phi) is 7.27. The third kappa shape index (κ3) is 5.35. The molecule has 0 spiro atoms. The number of aliphatic hydroxyl groups is 1. The van der Waals surface area contributed by atoms with E-state index in [0.29, 0.717) is 6.42 Å². The molecule has 1 aliphatic carbocycles. The van der Waals surface area contributed by atoms with Crippen molar-refractivity contribution in [3.63, 3.8) is 0 Å². The molecule has 29 heavy (non-hydrogen) atoms. The van der Waals surface area contributed by atoms with E-state index in [1.807, 2.05) is 44.2 Å². The van der Waals surface area contributed by atoms with Crippen LogP contribution in [0, 0.1) is 5.41 Å². The number of amides is 1. The molecule has 160 valence electrons. The summed E-state index contributed by atoms with van der Waals surface area (Å²) in [4.78, 5) is 30.8. The van der Waals surface area contributed by atoms with Crippen LogP contribution in [0.4, 0.5) is 4.79 Å². The summed E-state index contributed by atoms with van der Waals surface area (Å²) in [6, 6.07) is 9.15. The van der Waals surface area contributed by atoms with Gasteiger partial charge in [0, 0.05) is 5.41 Å². The van der Waals surface area contributed by atoms with Crippen LogP contribution in [-0.2, 0) is 14.4 Å². The first-order chi connectivity index (χ1) is 14.0. The first-order valence-corrected chi connectivity index (χ1v) is 10.6. The molecular formula is C22H32N2O5. The average molecular weight is 405 g/mol. The first-order valence-electron chi connectivity index (χ1n) is 10.6. The maximum atomic E-state index is 12.9. The molecule has 0 bridgehead atoms. The van der Waals surface area contributed by atoms with E-state index in [-0.39, 0.29) is 30.5 Å². The van der Waals surface area contributed by atoms with Crippen molar-refractivity contribution >= 4 is 11.9 Å². The molecule has 0 aromatic heterocycles. The summed E-state index contributed by atoms with van der Waals surface area (Å²) in [5, 5.41) is 13.9. The number of ketones is 1. The molecule has 1 saturated heterocycles. The zero-order valence-electron chi connectivity index (χ0n) is 17.3. The molecule has 2 N–H and O–H groups in total. The lowest BCUT2D eigenvalue weighted by Crippen LogP contribution is -2.46. The number of Topliss-reactive ketones (excluding diaryl/α,β-unsaturated/α-hetero) is 1. The number of alkyl carbamates (subject to hydrolysis) is 1. The number of rotatable bonds is 11. The third-order valence-corrected chi connectivity index (χ3v) is 6.06. The van der Waals surface area contributed by atoms with Crippen molar-refractivity contribution in [2.75, 3.05) is 13.2 Å². The van der Waals surface area contributed by atoms with E-state index in [9.17, 15) is 14.7 Å². The molecule has 7 nitrogen and oxygen atoms in total. The van der Waals surface area contributed by atoms with Crippen LogP contribution >= 0.6 is 0 Å². The lowest BCUT2D eigenvalue weighted by molar-refractivity contribution is -0.122. The highest BCUT2D eigenvalue weighted by atomic mass is 16.8. The molecule has 1 heterocycles. The molecule has 7 heteroatoms. The second-order valence-electron chi connectivity index (χ2n) is 8.23. The van der Waals surface area contributed by atoms with Gasteiger partial charge in [0.2, 0.25) is 12.0 Å². The van der Waals surface area contributed by atoms with Crippen molar-refractivity contribution in [3.8, 4) is 0 Å². The van der Waals surface area contributed by atoms with Gasteiger partial charge < -0.3 is 15.2 Å². The summed E-state index contributed by atoms with van der Waals surface area (Å²) in [6.07, 6.45) is 3.78. The van der Waals surface area contributed by atoms with E-state index in [4.69, 9.17) is 9.57 Å². The zero-order valence-corrected chi connectivity index (χ0v) is 17.3. The van der Waals surface area contributed by atoms with Crippen molar-refractivity contribution in [2.45, 2.75) is 70.7 Å². The summed E-state index contributed by atoms with van der Waals surface area (Å²) in [5.74, 6) is -0.154. The Morgan fingerprint density at radius 3 is 2.66 bits per heavy atom. The third-order valence-electron chi connectivity index (χ3n) is 6.06. The molecular weight excluding hydrogens is 372 g/mol. The largest absolute Gasteiger partial charge is 0.449 e. The Morgan fingerprint density at radius 1 is 1.34 bits per heavy atom. The second-order valence-corrected chi connectivity index (χ2v) is 8.23. The lowest BCUT2D eigenvalue weighted by atomic mass is 9.70. The monoisotopic (exact) mass is 404 g/mol. The molecule has 1 aromatic rings. The molecule has 2 aliphatic rings. The Balaban J connectivity index is 1.54. The van der Waals surface area contributed by atoms with E-state index in [2.05, 4.69) is 5.32 Å². The molecule has 2 unspecified atom stereocenters. The van der Waals surface area contributed by atoms with Gasteiger partial charge in [0.15, 0.2) is 0 Å². The van der Waals surface area contributed by atoms with Gasteiger partial charge in [-0.05, 0) is 31.7 Å². The maximum Gasteiger partial charge on any atom is 0.407 e. The Hall–Kier alpha value is -1.96. The van der Waals surface area contributed by atoms with E-state index >= 15 is 0 Å². The average Bonchev–Trinajstić information content (AvgIpc) is 3.51. The molecule has 1 amide bonds. The van der Waals surface area contributed by atoms with Gasteiger partial charge in [0.25, 0.3) is 0 Å². The quantitative estimate of drug-likeness (QED) is 0.550. The van der Waals surface area contributed by atoms with E-state index in [1.165, 1.54) is 0 Å². The normalized spacial score (nSPS) is 24.1. The fourth-order valence-electron chi connectivity index (χ4n) is 3.73. The van der Waals surface area contributed by atoms with Crippen molar-refractivity contribution < 1.29 is 24.3 Å². The van der Waals surface area contributed by atoms with E-state index in [1.54, 1.807) is 5.06 Å². The summed E-state index contributed by atoms with van der Waals surface area (Å²) in [6.45, 7) is 4.22. The van der Waals surface area contributed by atoms with Crippen molar-refractivity contribution in [1.82, 2.24) is 10.4 Å². The van der Waals surface area contributed by atoms with Gasteiger partial charge in [0.05, 0.1) is 18.7 Å². The van der Waals surface area contributed by atoms with Crippen molar-refractivity contribution in [1.29, 1.82) is 0 Å². The number of hydrogen-bond donors (Lipinski definition) is 2. The molecule has 1 aliphatic heterocycles. The van der Waals surface area contributed by atoms with Crippen LogP contribution in [0.15, 0.2) is 30.3 Å². The Morgan fingerprint density at radius 2 is 2.07 bits per heavy atom. The maximum absolute atomic E-state index is 12.9. The standard InChI is InChI=1S/C22H32N2O5/c1-3-4-11-18(23-21(27)28-15-22(14-25)12-8-13-22)19(26)20-24(29-20)16(2)17-9-6-5-7-10-17/h5-7,9-10,16,18,20,25H,3-4,8,11-15H2,1-2H3,(H,23,27)/t16-,18+,20?,24?/m1/s1. The van der Waals surface area contributed by atoms with Gasteiger partial charge in [-0.3, -0.25) is 9.63 Å². The van der Waals surface area contributed by atoms with Gasteiger partial charge in [0.1, 0.15) is 6.61 Å². The minimum Gasteiger partial charge on any atom is -0.449 e. The minimum atomic E-state index is -0.650. The number of carbonyl (C=O) groups is 2. The summed E-state index contributed by atoms with van der Waals surface area (Å²) in [7, 11) is 0. The summed E-state index contributed by atoms with van der Waals surface area (Å²) < 4.78 is 5.33. The van der Waals surface area contributed by atoms with Crippen LogP contribution in [0.3, 0.4) is 0 Å².